The van der Waals surface area contributed by atoms with Gasteiger partial charge in [0.2, 0.25) is 0 Å². The molecule has 0 saturated carbocycles. The van der Waals surface area contributed by atoms with Crippen LogP contribution in [0.2, 0.25) is 0 Å². The fourth-order valence-electron chi connectivity index (χ4n) is 1.05. The molecule has 0 saturated heterocycles. The lowest BCUT2D eigenvalue weighted by atomic mass is 10.2. The molecule has 0 atom stereocenters. The molecule has 76 valence electrons. The van der Waals surface area contributed by atoms with Gasteiger partial charge in [-0.3, -0.25) is 0 Å². The van der Waals surface area contributed by atoms with Crippen molar-refractivity contribution in [3.63, 3.8) is 0 Å². The molecular weight excluding hydrogens is 182 g/mol. The van der Waals surface area contributed by atoms with E-state index >= 15 is 0 Å². The maximum absolute atomic E-state index is 5.34. The largest absolute Gasteiger partial charge is 0.399 e. The highest BCUT2D eigenvalue weighted by Gasteiger charge is 1.80. The molecule has 15 heavy (non-hydrogen) atoms. The fraction of sp³-hybridized carbons (Fsp3) is 0.143. The second-order valence-corrected chi connectivity index (χ2v) is 3.10. The third kappa shape index (κ3) is 4.87. The molecule has 0 aromatic heterocycles. The number of rotatable bonds is 1. The first-order chi connectivity index (χ1) is 7.33. The minimum Gasteiger partial charge on any atom is -0.399 e. The Morgan fingerprint density at radius 2 is 1.80 bits per heavy atom. The molecule has 2 N–H and O–H groups in total. The molecule has 0 bridgehead atoms. The normalized spacial score (nSPS) is 8.87. The van der Waals surface area contributed by atoms with E-state index in [1.165, 1.54) is 5.56 Å². The monoisotopic (exact) mass is 197 g/mol. The Morgan fingerprint density at radius 1 is 1.07 bits per heavy atom. The zero-order valence-corrected chi connectivity index (χ0v) is 8.90. The van der Waals surface area contributed by atoms with Gasteiger partial charge in [0.1, 0.15) is 0 Å². The number of benzene rings is 2. The Morgan fingerprint density at radius 3 is 2.13 bits per heavy atom. The van der Waals surface area contributed by atoms with Gasteiger partial charge in [0.15, 0.2) is 0 Å². The van der Waals surface area contributed by atoms with Crippen LogP contribution in [-0.2, 0) is 6.42 Å². The minimum atomic E-state index is 0.791. The summed E-state index contributed by atoms with van der Waals surface area (Å²) in [6.45, 7) is 2.14. The van der Waals surface area contributed by atoms with Crippen LogP contribution >= 0.6 is 0 Å². The van der Waals surface area contributed by atoms with Gasteiger partial charge in [-0.25, -0.2) is 0 Å². The summed E-state index contributed by atoms with van der Waals surface area (Å²) in [4.78, 5) is 0. The lowest BCUT2D eigenvalue weighted by molar-refractivity contribution is 1.14. The molecule has 1 heteroatoms. The van der Waals surface area contributed by atoms with Gasteiger partial charge in [-0.1, -0.05) is 43.3 Å². The Labute approximate surface area is 91.6 Å². The number of nitrogens with two attached hydrogens (primary N) is 1. The average molecular weight is 197 g/mol. The van der Waals surface area contributed by atoms with E-state index < -0.39 is 0 Å². The van der Waals surface area contributed by atoms with E-state index in [4.69, 9.17) is 5.73 Å². The van der Waals surface area contributed by atoms with Crippen molar-refractivity contribution >= 4 is 5.69 Å². The molecular formula is C14H15N. The third-order valence-corrected chi connectivity index (χ3v) is 1.92. The van der Waals surface area contributed by atoms with E-state index in [1.54, 1.807) is 24.3 Å². The summed E-state index contributed by atoms with van der Waals surface area (Å²) >= 11 is 0. The van der Waals surface area contributed by atoms with E-state index in [9.17, 15) is 0 Å². The Balaban J connectivity index is 0.000000151. The maximum atomic E-state index is 5.34. The SMILES string of the molecule is CCc1c[c]ccc1.Nc1cc[c]cc1. The lowest BCUT2D eigenvalue weighted by Gasteiger charge is -1.89. The summed E-state index contributed by atoms with van der Waals surface area (Å²) in [5, 5.41) is 0. The van der Waals surface area contributed by atoms with Gasteiger partial charge in [-0.15, -0.1) is 0 Å². The number of aryl methyl sites for hydroxylation is 1. The highest BCUT2D eigenvalue weighted by molar-refractivity contribution is 5.35. The molecule has 2 aromatic carbocycles. The standard InChI is InChI=1S/C8H9.C6H6N/c1-2-8-6-4-3-5-7-8;7-6-4-2-1-3-5-6/h3-4,6-7H,2H2,1H3;2-5H,7H2. The molecule has 0 aliphatic carbocycles. The first kappa shape index (κ1) is 11.3. The summed E-state index contributed by atoms with van der Waals surface area (Å²) < 4.78 is 0. The topological polar surface area (TPSA) is 26.0 Å². The maximum Gasteiger partial charge on any atom is 0.0314 e. The van der Waals surface area contributed by atoms with Crippen LogP contribution in [-0.4, -0.2) is 0 Å². The second kappa shape index (κ2) is 6.66. The van der Waals surface area contributed by atoms with Gasteiger partial charge in [0.05, 0.1) is 0 Å². The van der Waals surface area contributed by atoms with Crippen LogP contribution in [0.25, 0.3) is 0 Å². The smallest absolute Gasteiger partial charge is 0.0314 e. The quantitative estimate of drug-likeness (QED) is 0.698. The van der Waals surface area contributed by atoms with Gasteiger partial charge in [0, 0.05) is 5.69 Å². The molecule has 2 aromatic rings. The highest BCUT2D eigenvalue weighted by Crippen LogP contribution is 1.96. The van der Waals surface area contributed by atoms with Crippen LogP contribution in [0.1, 0.15) is 12.5 Å². The van der Waals surface area contributed by atoms with Crippen molar-refractivity contribution in [1.29, 1.82) is 0 Å². The molecule has 0 fully saturated rings. The van der Waals surface area contributed by atoms with Crippen LogP contribution in [0, 0.1) is 12.1 Å². The first-order valence-electron chi connectivity index (χ1n) is 4.99. The molecule has 1 nitrogen and oxygen atoms in total. The van der Waals surface area contributed by atoms with Gasteiger partial charge >= 0.3 is 0 Å². The van der Waals surface area contributed by atoms with Crippen molar-refractivity contribution in [2.75, 3.05) is 5.73 Å². The summed E-state index contributed by atoms with van der Waals surface area (Å²) in [5.41, 5.74) is 7.48. The van der Waals surface area contributed by atoms with E-state index in [0.29, 0.717) is 0 Å². The fourth-order valence-corrected chi connectivity index (χ4v) is 1.05. The van der Waals surface area contributed by atoms with Gasteiger partial charge < -0.3 is 5.73 Å². The molecule has 2 radical (unpaired) electrons. The predicted molar refractivity (Wildman–Crippen MR) is 64.3 cm³/mol. The summed E-state index contributed by atoms with van der Waals surface area (Å²) in [7, 11) is 0. The number of hydrogen-bond acceptors (Lipinski definition) is 1. The lowest BCUT2D eigenvalue weighted by Crippen LogP contribution is -1.79. The number of anilines is 1. The van der Waals surface area contributed by atoms with Crippen molar-refractivity contribution in [1.82, 2.24) is 0 Å². The first-order valence-corrected chi connectivity index (χ1v) is 4.99. The molecule has 0 aliphatic rings. The average Bonchev–Trinajstić information content (AvgIpc) is 2.32. The number of hydrogen-bond donors (Lipinski definition) is 1. The third-order valence-electron chi connectivity index (χ3n) is 1.92. The van der Waals surface area contributed by atoms with E-state index in [0.717, 1.165) is 12.1 Å². The van der Waals surface area contributed by atoms with Crippen molar-refractivity contribution in [3.8, 4) is 0 Å². The minimum absolute atomic E-state index is 0.791. The van der Waals surface area contributed by atoms with E-state index in [1.807, 2.05) is 18.2 Å². The Kier molecular flexibility index (Phi) is 5.02. The summed E-state index contributed by atoms with van der Waals surface area (Å²) in [5.74, 6) is 0. The Hall–Kier alpha value is -1.76. The molecule has 0 aliphatic heterocycles. The van der Waals surface area contributed by atoms with Crippen molar-refractivity contribution < 1.29 is 0 Å². The molecule has 0 heterocycles. The van der Waals surface area contributed by atoms with Gasteiger partial charge in [0.25, 0.3) is 0 Å². The predicted octanol–water partition coefficient (Wildman–Crippen LogP) is 3.12. The zero-order valence-electron chi connectivity index (χ0n) is 8.90. The van der Waals surface area contributed by atoms with Crippen LogP contribution in [0.4, 0.5) is 5.69 Å². The summed E-state index contributed by atoms with van der Waals surface area (Å²) in [6, 6.07) is 21.1. The second-order valence-electron chi connectivity index (χ2n) is 3.10. The van der Waals surface area contributed by atoms with Gasteiger partial charge in [-0.05, 0) is 36.2 Å². The van der Waals surface area contributed by atoms with Gasteiger partial charge in [-0.2, -0.15) is 0 Å². The molecule has 0 spiro atoms. The van der Waals surface area contributed by atoms with Crippen molar-refractivity contribution in [2.45, 2.75) is 13.3 Å². The van der Waals surface area contributed by atoms with Crippen LogP contribution in [0.5, 0.6) is 0 Å². The zero-order chi connectivity index (χ0) is 10.9. The van der Waals surface area contributed by atoms with E-state index in [-0.39, 0.29) is 0 Å². The molecule has 0 amide bonds. The molecule has 0 unspecified atom stereocenters. The highest BCUT2D eigenvalue weighted by atomic mass is 14.5. The van der Waals surface area contributed by atoms with Crippen LogP contribution in [0.3, 0.4) is 0 Å². The number of nitrogen functional groups attached to an aromatic ring is 1. The van der Waals surface area contributed by atoms with Crippen LogP contribution < -0.4 is 5.73 Å². The van der Waals surface area contributed by atoms with Crippen molar-refractivity contribution in [3.05, 3.63) is 66.2 Å². The van der Waals surface area contributed by atoms with E-state index in [2.05, 4.69) is 25.1 Å². The molecule has 2 rings (SSSR count). The van der Waals surface area contributed by atoms with Crippen LogP contribution in [0.15, 0.2) is 48.5 Å². The summed E-state index contributed by atoms with van der Waals surface area (Å²) in [6.07, 6.45) is 1.11. The Bertz CT molecular complexity index is 354. The van der Waals surface area contributed by atoms with Crippen molar-refractivity contribution in [2.24, 2.45) is 0 Å².